The molecule has 3 heterocycles. The molecule has 1 N–H and O–H groups in total. The fraction of sp³-hybridized carbons (Fsp3) is 0.400. The van der Waals surface area contributed by atoms with E-state index in [-0.39, 0.29) is 11.6 Å². The summed E-state index contributed by atoms with van der Waals surface area (Å²) in [7, 11) is 1.62. The summed E-state index contributed by atoms with van der Waals surface area (Å²) in [5, 5.41) is 5.10. The van der Waals surface area contributed by atoms with Gasteiger partial charge in [-0.15, -0.1) is 0 Å². The Morgan fingerprint density at radius 3 is 2.92 bits per heavy atom. The van der Waals surface area contributed by atoms with Crippen molar-refractivity contribution in [3.05, 3.63) is 57.2 Å². The minimum absolute atomic E-state index is 0.0461. The lowest BCUT2D eigenvalue weighted by Crippen LogP contribution is -2.27. The first-order valence-corrected chi connectivity index (χ1v) is 8.93. The molecule has 1 unspecified atom stereocenters. The second-order valence-electron chi connectivity index (χ2n) is 6.94. The van der Waals surface area contributed by atoms with Crippen LogP contribution < -0.4 is 10.3 Å². The molecule has 1 fully saturated rings. The summed E-state index contributed by atoms with van der Waals surface area (Å²) >= 11 is 0. The van der Waals surface area contributed by atoms with Gasteiger partial charge in [0, 0.05) is 29.8 Å². The van der Waals surface area contributed by atoms with E-state index < -0.39 is 0 Å². The van der Waals surface area contributed by atoms with Gasteiger partial charge in [0.2, 0.25) is 0 Å². The number of ether oxygens (including phenoxy) is 1. The first kappa shape index (κ1) is 16.8. The highest BCUT2D eigenvalue weighted by atomic mass is 16.5. The van der Waals surface area contributed by atoms with Crippen LogP contribution in [0, 0.1) is 13.8 Å². The highest BCUT2D eigenvalue weighted by molar-refractivity contribution is 5.80. The number of likely N-dealkylation sites (tertiary alicyclic amines) is 1. The summed E-state index contributed by atoms with van der Waals surface area (Å²) in [5.74, 6) is 1.61. The Kier molecular flexibility index (Phi) is 4.28. The van der Waals surface area contributed by atoms with Crippen LogP contribution in [0.15, 0.2) is 33.6 Å². The molecule has 1 saturated heterocycles. The van der Waals surface area contributed by atoms with Crippen LogP contribution in [0.2, 0.25) is 0 Å². The molecule has 0 radical (unpaired) electrons. The smallest absolute Gasteiger partial charge is 0.252 e. The summed E-state index contributed by atoms with van der Waals surface area (Å²) in [4.78, 5) is 17.9. The van der Waals surface area contributed by atoms with Crippen LogP contribution in [0.3, 0.4) is 0 Å². The zero-order valence-electron chi connectivity index (χ0n) is 15.3. The van der Waals surface area contributed by atoms with Crippen molar-refractivity contribution in [3.63, 3.8) is 0 Å². The van der Waals surface area contributed by atoms with Crippen molar-refractivity contribution in [2.45, 2.75) is 39.3 Å². The van der Waals surface area contributed by atoms with Crippen molar-refractivity contribution in [3.8, 4) is 5.75 Å². The summed E-state index contributed by atoms with van der Waals surface area (Å²) in [6, 6.07) is 7.97. The van der Waals surface area contributed by atoms with E-state index in [4.69, 9.17) is 9.26 Å². The average Bonchev–Trinajstić information content (AvgIpc) is 3.21. The summed E-state index contributed by atoms with van der Waals surface area (Å²) in [6.45, 7) is 5.53. The zero-order chi connectivity index (χ0) is 18.3. The molecule has 0 bridgehead atoms. The Morgan fingerprint density at radius 1 is 1.35 bits per heavy atom. The third-order valence-electron chi connectivity index (χ3n) is 5.29. The quantitative estimate of drug-likeness (QED) is 0.777. The van der Waals surface area contributed by atoms with Gasteiger partial charge < -0.3 is 14.2 Å². The van der Waals surface area contributed by atoms with E-state index in [0.29, 0.717) is 6.54 Å². The van der Waals surface area contributed by atoms with Gasteiger partial charge in [0.25, 0.3) is 5.56 Å². The Balaban J connectivity index is 1.66. The lowest BCUT2D eigenvalue weighted by Gasteiger charge is -2.24. The summed E-state index contributed by atoms with van der Waals surface area (Å²) < 4.78 is 10.6. The van der Waals surface area contributed by atoms with Gasteiger partial charge in [-0.1, -0.05) is 5.16 Å². The van der Waals surface area contributed by atoms with E-state index in [9.17, 15) is 4.79 Å². The lowest BCUT2D eigenvalue weighted by molar-refractivity contribution is 0.245. The van der Waals surface area contributed by atoms with Gasteiger partial charge in [0.15, 0.2) is 0 Å². The molecule has 1 aromatic carbocycles. The molecular formula is C20H23N3O3. The van der Waals surface area contributed by atoms with E-state index in [0.717, 1.165) is 53.1 Å². The van der Waals surface area contributed by atoms with E-state index in [1.807, 2.05) is 38.1 Å². The number of nitrogens with zero attached hydrogens (tertiary/aromatic N) is 2. The number of benzene rings is 1. The van der Waals surface area contributed by atoms with E-state index in [1.165, 1.54) is 5.56 Å². The first-order valence-electron chi connectivity index (χ1n) is 8.93. The topological polar surface area (TPSA) is 71.4 Å². The highest BCUT2D eigenvalue weighted by Gasteiger charge is 2.31. The standard InChI is InChI=1S/C20H23N3O3/c1-12-19(13(2)26-22-12)18-5-4-8-23(18)11-15-9-14-6-7-16(25-3)10-17(14)21-20(15)24/h6-7,9-10,18H,4-5,8,11H2,1-3H3,(H,21,24). The summed E-state index contributed by atoms with van der Waals surface area (Å²) in [5.41, 5.74) is 3.64. The number of hydrogen-bond donors (Lipinski definition) is 1. The molecule has 0 saturated carbocycles. The maximum absolute atomic E-state index is 12.6. The number of fused-ring (bicyclic) bond motifs is 1. The van der Waals surface area contributed by atoms with E-state index in [2.05, 4.69) is 15.0 Å². The Hall–Kier alpha value is -2.60. The SMILES string of the molecule is COc1ccc2cc(CN3CCCC3c3c(C)noc3C)c(=O)[nH]c2c1. The Morgan fingerprint density at radius 2 is 2.19 bits per heavy atom. The Bertz CT molecular complexity index is 986. The van der Waals surface area contributed by atoms with Gasteiger partial charge in [-0.2, -0.15) is 0 Å². The number of pyridine rings is 1. The first-order chi connectivity index (χ1) is 12.6. The molecule has 3 aromatic rings. The van der Waals surface area contributed by atoms with Crippen LogP contribution in [0.25, 0.3) is 10.9 Å². The maximum atomic E-state index is 12.6. The van der Waals surface area contributed by atoms with Crippen LogP contribution in [0.1, 0.15) is 41.5 Å². The van der Waals surface area contributed by atoms with E-state index >= 15 is 0 Å². The normalized spacial score (nSPS) is 17.9. The van der Waals surface area contributed by atoms with Crippen LogP contribution >= 0.6 is 0 Å². The van der Waals surface area contributed by atoms with Crippen LogP contribution in [-0.2, 0) is 6.54 Å². The fourth-order valence-electron chi connectivity index (χ4n) is 4.00. The van der Waals surface area contributed by atoms with E-state index in [1.54, 1.807) is 7.11 Å². The third kappa shape index (κ3) is 2.90. The molecule has 0 aliphatic carbocycles. The van der Waals surface area contributed by atoms with Gasteiger partial charge in [-0.3, -0.25) is 9.69 Å². The highest BCUT2D eigenvalue weighted by Crippen LogP contribution is 2.36. The second-order valence-corrected chi connectivity index (χ2v) is 6.94. The second kappa shape index (κ2) is 6.61. The number of aromatic amines is 1. The Labute approximate surface area is 151 Å². The van der Waals surface area contributed by atoms with Crippen LogP contribution in [0.4, 0.5) is 0 Å². The maximum Gasteiger partial charge on any atom is 0.252 e. The number of methoxy groups -OCH3 is 1. The predicted octanol–water partition coefficient (Wildman–Crippen LogP) is 3.48. The average molecular weight is 353 g/mol. The number of aromatic nitrogens is 2. The molecule has 0 amide bonds. The molecule has 1 aliphatic heterocycles. The fourth-order valence-corrected chi connectivity index (χ4v) is 4.00. The number of H-pyrrole nitrogens is 1. The largest absolute Gasteiger partial charge is 0.497 e. The predicted molar refractivity (Wildman–Crippen MR) is 99.5 cm³/mol. The minimum Gasteiger partial charge on any atom is -0.497 e. The van der Waals surface area contributed by atoms with Gasteiger partial charge in [-0.25, -0.2) is 0 Å². The number of aryl methyl sites for hydroxylation is 2. The molecule has 1 aliphatic rings. The van der Waals surface area contributed by atoms with Gasteiger partial charge in [0.1, 0.15) is 11.5 Å². The number of hydrogen-bond acceptors (Lipinski definition) is 5. The van der Waals surface area contributed by atoms with Crippen molar-refractivity contribution in [2.24, 2.45) is 0 Å². The van der Waals surface area contributed by atoms with Gasteiger partial charge in [0.05, 0.1) is 18.3 Å². The molecule has 4 rings (SSSR count). The molecule has 0 spiro atoms. The molecule has 6 heteroatoms. The van der Waals surface area contributed by atoms with Crippen molar-refractivity contribution < 1.29 is 9.26 Å². The number of nitrogens with one attached hydrogen (secondary N) is 1. The molecule has 6 nitrogen and oxygen atoms in total. The summed E-state index contributed by atoms with van der Waals surface area (Å²) in [6.07, 6.45) is 2.17. The minimum atomic E-state index is -0.0461. The van der Waals surface area contributed by atoms with Crippen molar-refractivity contribution in [2.75, 3.05) is 13.7 Å². The lowest BCUT2D eigenvalue weighted by atomic mass is 10.0. The molecule has 2 aromatic heterocycles. The van der Waals surface area contributed by atoms with Crippen molar-refractivity contribution in [1.29, 1.82) is 0 Å². The van der Waals surface area contributed by atoms with Crippen LogP contribution in [-0.4, -0.2) is 28.7 Å². The zero-order valence-corrected chi connectivity index (χ0v) is 15.3. The van der Waals surface area contributed by atoms with Gasteiger partial charge >= 0.3 is 0 Å². The molecule has 136 valence electrons. The molecule has 26 heavy (non-hydrogen) atoms. The van der Waals surface area contributed by atoms with Crippen molar-refractivity contribution >= 4 is 10.9 Å². The number of rotatable bonds is 4. The monoisotopic (exact) mass is 353 g/mol. The molecular weight excluding hydrogens is 330 g/mol. The van der Waals surface area contributed by atoms with Gasteiger partial charge in [-0.05, 0) is 56.8 Å². The van der Waals surface area contributed by atoms with Crippen LogP contribution in [0.5, 0.6) is 5.75 Å². The third-order valence-corrected chi connectivity index (χ3v) is 5.29. The molecule has 1 atom stereocenters. The van der Waals surface area contributed by atoms with Crippen molar-refractivity contribution in [1.82, 2.24) is 15.0 Å².